The topological polar surface area (TPSA) is 91.8 Å². The number of carbonyl (C=O) groups excluding carboxylic acids is 1. The van der Waals surface area contributed by atoms with Crippen LogP contribution in [0.15, 0.2) is 18.3 Å². The summed E-state index contributed by atoms with van der Waals surface area (Å²) in [5.41, 5.74) is 0.359. The summed E-state index contributed by atoms with van der Waals surface area (Å²) < 4.78 is 4.88. The van der Waals surface area contributed by atoms with Crippen molar-refractivity contribution in [2.24, 2.45) is 0 Å². The quantitative estimate of drug-likeness (QED) is 0.756. The average Bonchev–Trinajstić information content (AvgIpc) is 2.47. The van der Waals surface area contributed by atoms with Crippen LogP contribution in [0.5, 0.6) is 0 Å². The zero-order valence-corrected chi connectivity index (χ0v) is 11.2. The van der Waals surface area contributed by atoms with Gasteiger partial charge < -0.3 is 20.1 Å². The molecule has 2 heterocycles. The van der Waals surface area contributed by atoms with Crippen LogP contribution in [0.4, 0.5) is 5.82 Å². The lowest BCUT2D eigenvalue weighted by molar-refractivity contribution is -0.138. The second-order valence-electron chi connectivity index (χ2n) is 4.38. The van der Waals surface area contributed by atoms with Crippen molar-refractivity contribution >= 4 is 17.8 Å². The fraction of sp³-hybridized carbons (Fsp3) is 0.462. The van der Waals surface area contributed by atoms with Gasteiger partial charge in [0.05, 0.1) is 12.2 Å². The molecule has 1 saturated heterocycles. The number of pyridine rings is 1. The number of rotatable bonds is 4. The van der Waals surface area contributed by atoms with Gasteiger partial charge in [-0.25, -0.2) is 14.6 Å². The van der Waals surface area contributed by atoms with Crippen LogP contribution < -0.4 is 10.2 Å². The average molecular weight is 279 g/mol. The number of hydrogen-bond donors (Lipinski definition) is 2. The van der Waals surface area contributed by atoms with Gasteiger partial charge in [-0.2, -0.15) is 0 Å². The Kier molecular flexibility index (Phi) is 4.52. The molecule has 108 valence electrons. The van der Waals surface area contributed by atoms with Gasteiger partial charge in [-0.3, -0.25) is 0 Å². The van der Waals surface area contributed by atoms with Crippen molar-refractivity contribution in [3.63, 3.8) is 0 Å². The van der Waals surface area contributed by atoms with Crippen molar-refractivity contribution in [1.29, 1.82) is 0 Å². The lowest BCUT2D eigenvalue weighted by Gasteiger charge is -2.34. The smallest absolute Gasteiger partial charge is 0.339 e. The van der Waals surface area contributed by atoms with Gasteiger partial charge in [0.1, 0.15) is 11.9 Å². The van der Waals surface area contributed by atoms with Gasteiger partial charge in [0.2, 0.25) is 0 Å². The van der Waals surface area contributed by atoms with Crippen molar-refractivity contribution in [3.05, 3.63) is 23.9 Å². The Morgan fingerprint density at radius 2 is 2.35 bits per heavy atom. The Hall–Kier alpha value is -2.15. The molecule has 0 aliphatic carbocycles. The number of esters is 1. The number of ether oxygens (including phenoxy) is 1. The molecule has 1 fully saturated rings. The lowest BCUT2D eigenvalue weighted by Crippen LogP contribution is -2.55. The van der Waals surface area contributed by atoms with Crippen molar-refractivity contribution in [2.75, 3.05) is 31.1 Å². The summed E-state index contributed by atoms with van der Waals surface area (Å²) in [7, 11) is 0. The van der Waals surface area contributed by atoms with Crippen LogP contribution in [0.2, 0.25) is 0 Å². The highest BCUT2D eigenvalue weighted by atomic mass is 16.5. The van der Waals surface area contributed by atoms with Crippen LogP contribution in [-0.2, 0) is 9.53 Å². The zero-order valence-electron chi connectivity index (χ0n) is 11.2. The van der Waals surface area contributed by atoms with Gasteiger partial charge >= 0.3 is 11.9 Å². The van der Waals surface area contributed by atoms with Gasteiger partial charge in [-0.1, -0.05) is 0 Å². The van der Waals surface area contributed by atoms with E-state index in [0.29, 0.717) is 37.6 Å². The number of carboxylic acids is 1. The maximum atomic E-state index is 11.5. The maximum Gasteiger partial charge on any atom is 0.339 e. The van der Waals surface area contributed by atoms with Gasteiger partial charge in [-0.15, -0.1) is 0 Å². The van der Waals surface area contributed by atoms with Gasteiger partial charge in [0, 0.05) is 25.8 Å². The molecule has 1 unspecified atom stereocenters. The highest BCUT2D eigenvalue weighted by molar-refractivity contribution is 5.89. The molecule has 1 aromatic heterocycles. The number of anilines is 1. The molecule has 7 nitrogen and oxygen atoms in total. The van der Waals surface area contributed by atoms with Crippen LogP contribution in [0.3, 0.4) is 0 Å². The van der Waals surface area contributed by atoms with E-state index in [1.54, 1.807) is 24.0 Å². The molecule has 7 heteroatoms. The molecular formula is C13H17N3O4. The van der Waals surface area contributed by atoms with E-state index in [1.165, 1.54) is 6.20 Å². The minimum Gasteiger partial charge on any atom is -0.480 e. The Morgan fingerprint density at radius 3 is 2.95 bits per heavy atom. The molecule has 1 aliphatic rings. The van der Waals surface area contributed by atoms with E-state index in [1.807, 2.05) is 0 Å². The molecule has 1 aliphatic heterocycles. The lowest BCUT2D eigenvalue weighted by atomic mass is 10.2. The third-order valence-corrected chi connectivity index (χ3v) is 3.08. The predicted octanol–water partition coefficient (Wildman–Crippen LogP) is 0.121. The minimum absolute atomic E-state index is 0.305. The Morgan fingerprint density at radius 1 is 1.55 bits per heavy atom. The fourth-order valence-electron chi connectivity index (χ4n) is 2.09. The number of carbonyl (C=O) groups is 2. The Bertz CT molecular complexity index is 489. The first-order valence-electron chi connectivity index (χ1n) is 6.46. The number of piperazine rings is 1. The molecule has 0 bridgehead atoms. The third-order valence-electron chi connectivity index (χ3n) is 3.08. The predicted molar refractivity (Wildman–Crippen MR) is 71.8 cm³/mol. The van der Waals surface area contributed by atoms with E-state index in [2.05, 4.69) is 10.3 Å². The fourth-order valence-corrected chi connectivity index (χ4v) is 2.09. The summed E-state index contributed by atoms with van der Waals surface area (Å²) in [4.78, 5) is 28.6. The van der Waals surface area contributed by atoms with E-state index in [-0.39, 0.29) is 0 Å². The van der Waals surface area contributed by atoms with Crippen LogP contribution in [0, 0.1) is 0 Å². The summed E-state index contributed by atoms with van der Waals surface area (Å²) in [6.45, 7) is 3.67. The first-order chi connectivity index (χ1) is 9.63. The van der Waals surface area contributed by atoms with Gasteiger partial charge in [0.15, 0.2) is 0 Å². The second kappa shape index (κ2) is 6.33. The molecule has 1 aromatic rings. The molecule has 0 spiro atoms. The van der Waals surface area contributed by atoms with Crippen molar-refractivity contribution in [2.45, 2.75) is 13.0 Å². The third kappa shape index (κ3) is 3.05. The standard InChI is InChI=1S/C13H17N3O4/c1-2-20-13(19)9-3-4-11(15-7-9)16-6-5-14-8-10(16)12(17)18/h3-4,7,10,14H,2,5-6,8H2,1H3,(H,17,18). The molecule has 0 aromatic carbocycles. The first kappa shape index (κ1) is 14.3. The molecule has 0 radical (unpaired) electrons. The Balaban J connectivity index is 2.15. The number of nitrogens with zero attached hydrogens (tertiary/aromatic N) is 2. The van der Waals surface area contributed by atoms with Crippen LogP contribution >= 0.6 is 0 Å². The van der Waals surface area contributed by atoms with Gasteiger partial charge in [-0.05, 0) is 19.1 Å². The molecule has 2 rings (SSSR count). The number of hydrogen-bond acceptors (Lipinski definition) is 6. The second-order valence-corrected chi connectivity index (χ2v) is 4.38. The van der Waals surface area contributed by atoms with Crippen molar-refractivity contribution in [3.8, 4) is 0 Å². The van der Waals surface area contributed by atoms with E-state index in [9.17, 15) is 14.7 Å². The van der Waals surface area contributed by atoms with E-state index in [4.69, 9.17) is 4.74 Å². The molecule has 0 amide bonds. The van der Waals surface area contributed by atoms with Crippen molar-refractivity contribution in [1.82, 2.24) is 10.3 Å². The highest BCUT2D eigenvalue weighted by Crippen LogP contribution is 2.16. The van der Waals surface area contributed by atoms with Crippen LogP contribution in [0.25, 0.3) is 0 Å². The number of carboxylic acid groups (broad SMARTS) is 1. The molecule has 1 atom stereocenters. The van der Waals surface area contributed by atoms with E-state index >= 15 is 0 Å². The molecule has 20 heavy (non-hydrogen) atoms. The van der Waals surface area contributed by atoms with Crippen LogP contribution in [0.1, 0.15) is 17.3 Å². The first-order valence-corrected chi connectivity index (χ1v) is 6.46. The normalized spacial score (nSPS) is 18.6. The number of aliphatic carboxylic acids is 1. The summed E-state index contributed by atoms with van der Waals surface area (Å²) in [5.74, 6) is -0.776. The van der Waals surface area contributed by atoms with E-state index in [0.717, 1.165) is 0 Å². The Labute approximate surface area is 116 Å². The highest BCUT2D eigenvalue weighted by Gasteiger charge is 2.29. The minimum atomic E-state index is -0.895. The van der Waals surface area contributed by atoms with Gasteiger partial charge in [0.25, 0.3) is 0 Å². The zero-order chi connectivity index (χ0) is 14.5. The number of nitrogens with one attached hydrogen (secondary N) is 1. The van der Waals surface area contributed by atoms with Crippen molar-refractivity contribution < 1.29 is 19.4 Å². The summed E-state index contributed by atoms with van der Waals surface area (Å²) in [6.07, 6.45) is 1.41. The SMILES string of the molecule is CCOC(=O)c1ccc(N2CCNCC2C(=O)O)nc1. The largest absolute Gasteiger partial charge is 0.480 e. The molecule has 0 saturated carbocycles. The van der Waals surface area contributed by atoms with Crippen LogP contribution in [-0.4, -0.2) is 54.3 Å². The number of aromatic nitrogens is 1. The summed E-state index contributed by atoms with van der Waals surface area (Å²) >= 11 is 0. The van der Waals surface area contributed by atoms with E-state index < -0.39 is 18.0 Å². The molecule has 2 N–H and O–H groups in total. The summed E-state index contributed by atoms with van der Waals surface area (Å²) in [5, 5.41) is 12.2. The summed E-state index contributed by atoms with van der Waals surface area (Å²) in [6, 6.07) is 2.60. The molecular weight excluding hydrogens is 262 g/mol. The maximum absolute atomic E-state index is 11.5. The monoisotopic (exact) mass is 279 g/mol.